The second-order valence-corrected chi connectivity index (χ2v) is 6.94. The fraction of sp³-hybridized carbons (Fsp3) is 0.238. The van der Waals surface area contributed by atoms with Gasteiger partial charge in [0, 0.05) is 23.5 Å². The van der Waals surface area contributed by atoms with Gasteiger partial charge in [-0.1, -0.05) is 48.0 Å². The van der Waals surface area contributed by atoms with Crippen LogP contribution < -0.4 is 14.8 Å². The molecule has 0 aliphatic rings. The zero-order valence-corrected chi connectivity index (χ0v) is 15.4. The molecule has 0 aliphatic heterocycles. The first-order valence-electron chi connectivity index (χ1n) is 8.33. The molecule has 25 heavy (non-hydrogen) atoms. The molecule has 0 aliphatic carbocycles. The second-order valence-electron chi connectivity index (χ2n) is 5.91. The zero-order chi connectivity index (χ0) is 17.5. The molecule has 0 bridgehead atoms. The van der Waals surface area contributed by atoms with Crippen molar-refractivity contribution in [3.8, 4) is 11.5 Å². The molecule has 0 unspecified atom stereocenters. The van der Waals surface area contributed by atoms with Gasteiger partial charge < -0.3 is 14.8 Å². The average Bonchev–Trinajstić information content (AvgIpc) is 3.14. The second kappa shape index (κ2) is 8.70. The Morgan fingerprint density at radius 2 is 1.88 bits per heavy atom. The summed E-state index contributed by atoms with van der Waals surface area (Å²) in [5.41, 5.74) is 3.49. The fourth-order valence-corrected chi connectivity index (χ4v) is 3.39. The van der Waals surface area contributed by atoms with Crippen LogP contribution in [0.25, 0.3) is 0 Å². The minimum absolute atomic E-state index is 0.528. The maximum Gasteiger partial charge on any atom is 0.166 e. The molecule has 0 radical (unpaired) electrons. The molecule has 0 atom stereocenters. The molecular weight excluding hydrogens is 330 g/mol. The normalized spacial score (nSPS) is 10.6. The molecule has 0 saturated carbocycles. The summed E-state index contributed by atoms with van der Waals surface area (Å²) < 4.78 is 11.6. The number of thiophene rings is 1. The van der Waals surface area contributed by atoms with E-state index in [0.717, 1.165) is 35.7 Å². The lowest BCUT2D eigenvalue weighted by Crippen LogP contribution is -2.13. The highest BCUT2D eigenvalue weighted by molar-refractivity contribution is 7.09. The first-order chi connectivity index (χ1) is 12.3. The van der Waals surface area contributed by atoms with Crippen molar-refractivity contribution in [1.82, 2.24) is 5.32 Å². The predicted octanol–water partition coefficient (Wildman–Crippen LogP) is 4.93. The number of hydrogen-bond acceptors (Lipinski definition) is 4. The molecule has 2 aromatic carbocycles. The summed E-state index contributed by atoms with van der Waals surface area (Å²) >= 11 is 1.76. The molecule has 3 aromatic rings. The van der Waals surface area contributed by atoms with Crippen molar-refractivity contribution in [2.45, 2.75) is 26.6 Å². The lowest BCUT2D eigenvalue weighted by atomic mass is 10.1. The van der Waals surface area contributed by atoms with Gasteiger partial charge >= 0.3 is 0 Å². The van der Waals surface area contributed by atoms with E-state index in [0.29, 0.717) is 6.61 Å². The molecule has 4 heteroatoms. The minimum Gasteiger partial charge on any atom is -0.493 e. The van der Waals surface area contributed by atoms with E-state index in [9.17, 15) is 0 Å². The number of rotatable bonds is 8. The van der Waals surface area contributed by atoms with Crippen molar-refractivity contribution >= 4 is 11.3 Å². The van der Waals surface area contributed by atoms with Gasteiger partial charge in [-0.15, -0.1) is 11.3 Å². The van der Waals surface area contributed by atoms with Gasteiger partial charge in [0.05, 0.1) is 7.11 Å². The van der Waals surface area contributed by atoms with E-state index < -0.39 is 0 Å². The van der Waals surface area contributed by atoms with E-state index in [1.54, 1.807) is 18.4 Å². The highest BCUT2D eigenvalue weighted by Crippen LogP contribution is 2.32. The van der Waals surface area contributed by atoms with E-state index in [4.69, 9.17) is 9.47 Å². The smallest absolute Gasteiger partial charge is 0.166 e. The van der Waals surface area contributed by atoms with Gasteiger partial charge in [-0.3, -0.25) is 0 Å². The van der Waals surface area contributed by atoms with Crippen LogP contribution in [0.4, 0.5) is 0 Å². The van der Waals surface area contributed by atoms with Gasteiger partial charge in [-0.2, -0.15) is 0 Å². The highest BCUT2D eigenvalue weighted by atomic mass is 32.1. The van der Waals surface area contributed by atoms with Crippen molar-refractivity contribution in [1.29, 1.82) is 0 Å². The first-order valence-corrected chi connectivity index (χ1v) is 9.21. The quantitative estimate of drug-likeness (QED) is 0.622. The third-order valence-corrected chi connectivity index (χ3v) is 4.82. The summed E-state index contributed by atoms with van der Waals surface area (Å²) in [5, 5.41) is 5.57. The SMILES string of the molecule is COc1cccc(CNCc2cccs2)c1OCc1cccc(C)c1. The van der Waals surface area contributed by atoms with Crippen LogP contribution in [-0.2, 0) is 19.7 Å². The molecule has 0 saturated heterocycles. The van der Waals surface area contributed by atoms with E-state index in [1.807, 2.05) is 12.1 Å². The number of nitrogens with one attached hydrogen (secondary N) is 1. The Morgan fingerprint density at radius 3 is 2.64 bits per heavy atom. The average molecular weight is 353 g/mol. The Kier molecular flexibility index (Phi) is 6.09. The molecule has 130 valence electrons. The van der Waals surface area contributed by atoms with Crippen LogP contribution in [-0.4, -0.2) is 7.11 Å². The third-order valence-electron chi connectivity index (χ3n) is 3.94. The summed E-state index contributed by atoms with van der Waals surface area (Å²) in [4.78, 5) is 1.32. The van der Waals surface area contributed by atoms with Crippen molar-refractivity contribution < 1.29 is 9.47 Å². The molecule has 0 fully saturated rings. The number of ether oxygens (including phenoxy) is 2. The largest absolute Gasteiger partial charge is 0.493 e. The maximum atomic E-state index is 6.13. The van der Waals surface area contributed by atoms with Gasteiger partial charge in [0.25, 0.3) is 0 Å². The van der Waals surface area contributed by atoms with E-state index in [-0.39, 0.29) is 0 Å². The van der Waals surface area contributed by atoms with Crippen LogP contribution in [0.15, 0.2) is 60.0 Å². The minimum atomic E-state index is 0.528. The van der Waals surface area contributed by atoms with E-state index in [2.05, 4.69) is 60.1 Å². The molecular formula is C21H23NO2S. The summed E-state index contributed by atoms with van der Waals surface area (Å²) in [6.45, 7) is 4.21. The van der Waals surface area contributed by atoms with Crippen molar-refractivity contribution in [3.63, 3.8) is 0 Å². The summed E-state index contributed by atoms with van der Waals surface area (Å²) in [5.74, 6) is 1.58. The van der Waals surface area contributed by atoms with Gasteiger partial charge in [-0.25, -0.2) is 0 Å². The van der Waals surface area contributed by atoms with Crippen molar-refractivity contribution in [2.75, 3.05) is 7.11 Å². The summed E-state index contributed by atoms with van der Waals surface area (Å²) in [7, 11) is 1.68. The number of methoxy groups -OCH3 is 1. The number of hydrogen-bond donors (Lipinski definition) is 1. The highest BCUT2D eigenvalue weighted by Gasteiger charge is 2.11. The molecule has 3 nitrogen and oxygen atoms in total. The fourth-order valence-electron chi connectivity index (χ4n) is 2.72. The van der Waals surface area contributed by atoms with Gasteiger partial charge in [0.15, 0.2) is 11.5 Å². The molecule has 1 heterocycles. The summed E-state index contributed by atoms with van der Waals surface area (Å²) in [6.07, 6.45) is 0. The van der Waals surface area contributed by atoms with E-state index in [1.165, 1.54) is 10.4 Å². The molecule has 3 rings (SSSR count). The predicted molar refractivity (Wildman–Crippen MR) is 103 cm³/mol. The van der Waals surface area contributed by atoms with Crippen molar-refractivity contribution in [2.24, 2.45) is 0 Å². The first kappa shape index (κ1) is 17.5. The monoisotopic (exact) mass is 353 g/mol. The maximum absolute atomic E-state index is 6.13. The van der Waals surface area contributed by atoms with Crippen LogP contribution >= 0.6 is 11.3 Å². The summed E-state index contributed by atoms with van der Waals surface area (Å²) in [6, 6.07) is 18.6. The lowest BCUT2D eigenvalue weighted by Gasteiger charge is -2.16. The Bertz CT molecular complexity index is 799. The molecule has 0 amide bonds. The van der Waals surface area contributed by atoms with Gasteiger partial charge in [-0.05, 0) is 30.0 Å². The molecule has 0 spiro atoms. The van der Waals surface area contributed by atoms with Crippen LogP contribution in [0.5, 0.6) is 11.5 Å². The number of benzene rings is 2. The van der Waals surface area contributed by atoms with Gasteiger partial charge in [0.1, 0.15) is 6.61 Å². The van der Waals surface area contributed by atoms with E-state index >= 15 is 0 Å². The van der Waals surface area contributed by atoms with Crippen molar-refractivity contribution in [3.05, 3.63) is 81.5 Å². The standard InChI is InChI=1S/C21H23NO2S/c1-16-6-3-7-17(12-16)15-24-21-18(8-4-10-20(21)23-2)13-22-14-19-9-5-11-25-19/h3-12,22H,13-15H2,1-2H3. The molecule has 1 aromatic heterocycles. The topological polar surface area (TPSA) is 30.5 Å². The Labute approximate surface area is 153 Å². The van der Waals surface area contributed by atoms with Crippen LogP contribution in [0.2, 0.25) is 0 Å². The van der Waals surface area contributed by atoms with Crippen LogP contribution in [0.3, 0.4) is 0 Å². The van der Waals surface area contributed by atoms with Crippen LogP contribution in [0, 0.1) is 6.92 Å². The molecule has 1 N–H and O–H groups in total. The lowest BCUT2D eigenvalue weighted by molar-refractivity contribution is 0.280. The number of aryl methyl sites for hydroxylation is 1. The third kappa shape index (κ3) is 4.84. The Hall–Kier alpha value is -2.30. The zero-order valence-electron chi connectivity index (χ0n) is 14.6. The van der Waals surface area contributed by atoms with Crippen LogP contribution in [0.1, 0.15) is 21.6 Å². The Morgan fingerprint density at radius 1 is 1.00 bits per heavy atom. The Balaban J connectivity index is 1.69. The van der Waals surface area contributed by atoms with Gasteiger partial charge in [0.2, 0.25) is 0 Å². The number of para-hydroxylation sites is 1.